The molecule has 6 heteroatoms. The van der Waals surface area contributed by atoms with E-state index in [-0.39, 0.29) is 11.5 Å². The number of carbonyl (C=O) groups is 1. The van der Waals surface area contributed by atoms with Crippen molar-refractivity contribution in [2.24, 2.45) is 7.05 Å². The van der Waals surface area contributed by atoms with Crippen molar-refractivity contribution in [3.63, 3.8) is 0 Å². The minimum atomic E-state index is -0.268. The van der Waals surface area contributed by atoms with Crippen LogP contribution in [0.4, 0.5) is 5.69 Å². The van der Waals surface area contributed by atoms with Crippen molar-refractivity contribution in [3.05, 3.63) is 52.4 Å². The van der Waals surface area contributed by atoms with Gasteiger partial charge in [0.1, 0.15) is 5.69 Å². The van der Waals surface area contributed by atoms with Gasteiger partial charge in [-0.2, -0.15) is 0 Å². The third kappa shape index (κ3) is 3.53. The largest absolute Gasteiger partial charge is 0.373 e. The number of H-pyrrole nitrogens is 1. The molecule has 0 saturated heterocycles. The number of likely N-dealkylation sites (N-methyl/N-ethyl adjacent to an activating group) is 2. The van der Waals surface area contributed by atoms with Crippen LogP contribution in [0.3, 0.4) is 0 Å². The van der Waals surface area contributed by atoms with Crippen LogP contribution in [0.25, 0.3) is 0 Å². The van der Waals surface area contributed by atoms with E-state index in [9.17, 15) is 9.59 Å². The van der Waals surface area contributed by atoms with Crippen LogP contribution in [0.5, 0.6) is 0 Å². The van der Waals surface area contributed by atoms with Crippen molar-refractivity contribution >= 4 is 11.6 Å². The van der Waals surface area contributed by atoms with Gasteiger partial charge in [-0.15, -0.1) is 0 Å². The predicted octanol–water partition coefficient (Wildman–Crippen LogP) is 0.922. The number of aromatic amines is 1. The van der Waals surface area contributed by atoms with E-state index in [2.05, 4.69) is 10.00 Å². The summed E-state index contributed by atoms with van der Waals surface area (Å²) in [6.45, 7) is 1.29. The van der Waals surface area contributed by atoms with Crippen LogP contribution in [0.2, 0.25) is 0 Å². The Morgan fingerprint density at radius 2 is 1.86 bits per heavy atom. The average molecular weight is 288 g/mol. The molecule has 0 aliphatic carbocycles. The molecule has 0 unspecified atom stereocenters. The number of nitrogens with one attached hydrogen (secondary N) is 1. The topological polar surface area (TPSA) is 61.3 Å². The van der Waals surface area contributed by atoms with Crippen LogP contribution in [-0.2, 0) is 7.05 Å². The van der Waals surface area contributed by atoms with Crippen LogP contribution in [0.1, 0.15) is 10.5 Å². The number of amides is 1. The number of benzene rings is 1. The molecule has 0 aliphatic heterocycles. The summed E-state index contributed by atoms with van der Waals surface area (Å²) in [5.74, 6) is -0.169. The number of anilines is 1. The van der Waals surface area contributed by atoms with Gasteiger partial charge in [0, 0.05) is 46.0 Å². The lowest BCUT2D eigenvalue weighted by Gasteiger charge is -2.23. The lowest BCUT2D eigenvalue weighted by atomic mass is 10.3. The minimum absolute atomic E-state index is 0.169. The van der Waals surface area contributed by atoms with Crippen molar-refractivity contribution in [2.75, 3.05) is 32.1 Å². The summed E-state index contributed by atoms with van der Waals surface area (Å²) >= 11 is 0. The molecule has 2 aromatic rings. The van der Waals surface area contributed by atoms with E-state index in [1.54, 1.807) is 19.0 Å². The Morgan fingerprint density at radius 1 is 1.19 bits per heavy atom. The number of aromatic nitrogens is 2. The first-order valence-electron chi connectivity index (χ1n) is 6.76. The third-order valence-electron chi connectivity index (χ3n) is 3.44. The molecule has 0 atom stereocenters. The Hall–Kier alpha value is -2.50. The van der Waals surface area contributed by atoms with Crippen LogP contribution >= 0.6 is 0 Å². The van der Waals surface area contributed by atoms with Crippen molar-refractivity contribution < 1.29 is 4.79 Å². The fraction of sp³-hybridized carbons (Fsp3) is 0.333. The Kier molecular flexibility index (Phi) is 4.47. The molecule has 1 amide bonds. The van der Waals surface area contributed by atoms with E-state index in [1.807, 2.05) is 37.4 Å². The van der Waals surface area contributed by atoms with Crippen molar-refractivity contribution in [1.29, 1.82) is 0 Å². The highest BCUT2D eigenvalue weighted by Crippen LogP contribution is 2.10. The highest BCUT2D eigenvalue weighted by molar-refractivity contribution is 5.92. The van der Waals surface area contributed by atoms with E-state index in [4.69, 9.17) is 0 Å². The molecule has 1 N–H and O–H groups in total. The first-order valence-corrected chi connectivity index (χ1v) is 6.76. The molecule has 1 aromatic heterocycles. The fourth-order valence-electron chi connectivity index (χ4n) is 2.09. The zero-order valence-electron chi connectivity index (χ0n) is 12.5. The van der Waals surface area contributed by atoms with Gasteiger partial charge in [-0.1, -0.05) is 18.2 Å². The van der Waals surface area contributed by atoms with Gasteiger partial charge in [-0.25, -0.2) is 0 Å². The zero-order chi connectivity index (χ0) is 15.4. The van der Waals surface area contributed by atoms with E-state index in [1.165, 1.54) is 10.7 Å². The number of nitrogens with zero attached hydrogens (tertiary/aromatic N) is 3. The smallest absolute Gasteiger partial charge is 0.271 e. The van der Waals surface area contributed by atoms with Gasteiger partial charge in [0.25, 0.3) is 11.5 Å². The standard InChI is InChI=1S/C15H20N4O2/c1-17(12-7-5-4-6-8-12)9-10-18(2)15(21)13-11-14(20)16-19(13)3/h4-8,11H,9-10H2,1-3H3,(H,16,20). The molecule has 112 valence electrons. The minimum Gasteiger partial charge on any atom is -0.373 e. The average Bonchev–Trinajstić information content (AvgIpc) is 2.83. The maximum Gasteiger partial charge on any atom is 0.271 e. The lowest BCUT2D eigenvalue weighted by Crippen LogP contribution is -2.35. The van der Waals surface area contributed by atoms with Gasteiger partial charge in [0.15, 0.2) is 0 Å². The summed E-state index contributed by atoms with van der Waals surface area (Å²) in [6.07, 6.45) is 0. The van der Waals surface area contributed by atoms with Crippen LogP contribution < -0.4 is 10.5 Å². The van der Waals surface area contributed by atoms with E-state index >= 15 is 0 Å². The Morgan fingerprint density at radius 3 is 2.43 bits per heavy atom. The highest BCUT2D eigenvalue weighted by Gasteiger charge is 2.16. The van der Waals surface area contributed by atoms with Crippen LogP contribution in [0, 0.1) is 0 Å². The van der Waals surface area contributed by atoms with Gasteiger partial charge in [-0.3, -0.25) is 19.4 Å². The van der Waals surface area contributed by atoms with Crippen molar-refractivity contribution in [3.8, 4) is 0 Å². The number of para-hydroxylation sites is 1. The molecular weight excluding hydrogens is 268 g/mol. The predicted molar refractivity (Wildman–Crippen MR) is 82.7 cm³/mol. The van der Waals surface area contributed by atoms with Crippen LogP contribution in [-0.4, -0.2) is 47.8 Å². The van der Waals surface area contributed by atoms with E-state index in [0.29, 0.717) is 18.8 Å². The summed E-state index contributed by atoms with van der Waals surface area (Å²) in [6, 6.07) is 11.3. The number of rotatable bonds is 5. The van der Waals surface area contributed by atoms with E-state index < -0.39 is 0 Å². The second-order valence-corrected chi connectivity index (χ2v) is 5.05. The van der Waals surface area contributed by atoms with Gasteiger partial charge in [0.2, 0.25) is 0 Å². The van der Waals surface area contributed by atoms with Gasteiger partial charge in [-0.05, 0) is 12.1 Å². The lowest BCUT2D eigenvalue weighted by molar-refractivity contribution is 0.0788. The summed E-state index contributed by atoms with van der Waals surface area (Å²) in [7, 11) is 5.37. The van der Waals surface area contributed by atoms with Gasteiger partial charge >= 0.3 is 0 Å². The van der Waals surface area contributed by atoms with Crippen LogP contribution in [0.15, 0.2) is 41.2 Å². The SMILES string of the molecule is CN(CCN(C)c1ccccc1)C(=O)c1cc(=O)[nH]n1C. The molecular formula is C15H20N4O2. The summed E-state index contributed by atoms with van der Waals surface area (Å²) < 4.78 is 1.45. The highest BCUT2D eigenvalue weighted by atomic mass is 16.2. The molecule has 0 radical (unpaired) electrons. The number of hydrogen-bond donors (Lipinski definition) is 1. The second kappa shape index (κ2) is 6.30. The fourth-order valence-corrected chi connectivity index (χ4v) is 2.09. The molecule has 2 rings (SSSR count). The van der Waals surface area contributed by atoms with Crippen molar-refractivity contribution in [2.45, 2.75) is 0 Å². The monoisotopic (exact) mass is 288 g/mol. The normalized spacial score (nSPS) is 10.4. The molecule has 1 heterocycles. The Bertz CT molecular complexity index is 660. The van der Waals surface area contributed by atoms with E-state index in [0.717, 1.165) is 5.69 Å². The number of aryl methyl sites for hydroxylation is 1. The maximum atomic E-state index is 12.3. The maximum absolute atomic E-state index is 12.3. The Labute approximate surface area is 123 Å². The van der Waals surface area contributed by atoms with Crippen molar-refractivity contribution in [1.82, 2.24) is 14.7 Å². The molecule has 0 aliphatic rings. The molecule has 6 nitrogen and oxygen atoms in total. The molecule has 21 heavy (non-hydrogen) atoms. The first kappa shape index (κ1) is 14.9. The summed E-state index contributed by atoms with van der Waals surface area (Å²) in [4.78, 5) is 27.2. The molecule has 0 saturated carbocycles. The second-order valence-electron chi connectivity index (χ2n) is 5.05. The van der Waals surface area contributed by atoms with Gasteiger partial charge < -0.3 is 9.80 Å². The Balaban J connectivity index is 1.96. The van der Waals surface area contributed by atoms with Gasteiger partial charge in [0.05, 0.1) is 0 Å². The molecule has 0 spiro atoms. The zero-order valence-corrected chi connectivity index (χ0v) is 12.5. The molecule has 0 fully saturated rings. The summed E-state index contributed by atoms with van der Waals surface area (Å²) in [5.41, 5.74) is 1.20. The molecule has 1 aromatic carbocycles. The quantitative estimate of drug-likeness (QED) is 0.890. The third-order valence-corrected chi connectivity index (χ3v) is 3.44. The number of carbonyl (C=O) groups excluding carboxylic acids is 1. The molecule has 0 bridgehead atoms. The summed E-state index contributed by atoms with van der Waals surface area (Å²) in [5, 5.41) is 2.54. The first-order chi connectivity index (χ1) is 9.99. The number of hydrogen-bond acceptors (Lipinski definition) is 3.